The first-order chi connectivity index (χ1) is 9.56. The molecule has 2 nitrogen and oxygen atoms in total. The monoisotopic (exact) mass is 293 g/mol. The van der Waals surface area contributed by atoms with Crippen LogP contribution in [0.2, 0.25) is 0 Å². The summed E-state index contributed by atoms with van der Waals surface area (Å²) in [7, 11) is 0. The Morgan fingerprint density at radius 1 is 1.25 bits per heavy atom. The van der Waals surface area contributed by atoms with E-state index in [-0.39, 0.29) is 5.82 Å². The number of rotatable bonds is 6. The maximum atomic E-state index is 14.1. The zero-order chi connectivity index (χ0) is 14.5. The van der Waals surface area contributed by atoms with E-state index in [9.17, 15) is 4.39 Å². The highest BCUT2D eigenvalue weighted by Gasteiger charge is 2.09. The van der Waals surface area contributed by atoms with Gasteiger partial charge in [0.05, 0.1) is 11.2 Å². The average Bonchev–Trinajstić information content (AvgIpc) is 2.78. The van der Waals surface area contributed by atoms with Crippen LogP contribution < -0.4 is 5.32 Å². The number of nitrogens with one attached hydrogen (secondary N) is 1. The van der Waals surface area contributed by atoms with Crippen molar-refractivity contribution in [1.82, 2.24) is 5.32 Å². The van der Waals surface area contributed by atoms with Crippen molar-refractivity contribution in [2.24, 2.45) is 5.92 Å². The van der Waals surface area contributed by atoms with Crippen LogP contribution in [0.1, 0.15) is 25.2 Å². The molecule has 2 aromatic rings. The highest BCUT2D eigenvalue weighted by molar-refractivity contribution is 7.99. The van der Waals surface area contributed by atoms with Crippen molar-refractivity contribution < 1.29 is 8.81 Å². The highest BCUT2D eigenvalue weighted by Crippen LogP contribution is 2.32. The van der Waals surface area contributed by atoms with Crippen molar-refractivity contribution >= 4 is 11.8 Å². The molecular formula is C16H20FNOS. The van der Waals surface area contributed by atoms with Gasteiger partial charge in [-0.25, -0.2) is 4.39 Å². The molecule has 0 radical (unpaired) electrons. The summed E-state index contributed by atoms with van der Waals surface area (Å²) in [5.74, 6) is 1.23. The van der Waals surface area contributed by atoms with Crippen molar-refractivity contribution in [1.29, 1.82) is 0 Å². The summed E-state index contributed by atoms with van der Waals surface area (Å²) >= 11 is 1.40. The summed E-state index contributed by atoms with van der Waals surface area (Å²) in [6.45, 7) is 7.82. The first-order valence-electron chi connectivity index (χ1n) is 6.77. The van der Waals surface area contributed by atoms with E-state index in [4.69, 9.17) is 4.42 Å². The lowest BCUT2D eigenvalue weighted by Crippen LogP contribution is -2.18. The molecule has 1 aromatic heterocycles. The minimum atomic E-state index is -0.181. The van der Waals surface area contributed by atoms with Gasteiger partial charge in [-0.3, -0.25) is 0 Å². The number of hydrogen-bond acceptors (Lipinski definition) is 3. The Morgan fingerprint density at radius 3 is 2.65 bits per heavy atom. The predicted octanol–water partition coefficient (Wildman–Crippen LogP) is 4.62. The van der Waals surface area contributed by atoms with Crippen LogP contribution in [0.3, 0.4) is 0 Å². The number of furan rings is 1. The lowest BCUT2D eigenvalue weighted by Gasteiger charge is -2.09. The summed E-state index contributed by atoms with van der Waals surface area (Å²) in [6, 6.07) is 7.26. The van der Waals surface area contributed by atoms with Crippen molar-refractivity contribution in [3.63, 3.8) is 0 Å². The number of halogens is 1. The van der Waals surface area contributed by atoms with Gasteiger partial charge in [-0.15, -0.1) is 0 Å². The second-order valence-electron chi connectivity index (χ2n) is 5.23. The smallest absolute Gasteiger partial charge is 0.137 e. The van der Waals surface area contributed by atoms with E-state index < -0.39 is 0 Å². The lowest BCUT2D eigenvalue weighted by molar-refractivity contribution is 0.526. The van der Waals surface area contributed by atoms with Crippen molar-refractivity contribution in [3.05, 3.63) is 47.7 Å². The van der Waals surface area contributed by atoms with Crippen molar-refractivity contribution in [2.45, 2.75) is 37.1 Å². The Bertz CT molecular complexity index is 565. The first-order valence-corrected chi connectivity index (χ1v) is 7.59. The van der Waals surface area contributed by atoms with E-state index in [1.54, 1.807) is 12.3 Å². The minimum absolute atomic E-state index is 0.181. The van der Waals surface area contributed by atoms with Gasteiger partial charge in [-0.05, 0) is 43.1 Å². The molecule has 108 valence electrons. The summed E-state index contributed by atoms with van der Waals surface area (Å²) in [4.78, 5) is 1.58. The summed E-state index contributed by atoms with van der Waals surface area (Å²) in [5, 5.41) is 3.31. The van der Waals surface area contributed by atoms with E-state index in [0.29, 0.717) is 17.4 Å². The maximum absolute atomic E-state index is 14.1. The molecular weight excluding hydrogens is 273 g/mol. The van der Waals surface area contributed by atoms with Crippen LogP contribution in [0, 0.1) is 18.7 Å². The largest absolute Gasteiger partial charge is 0.468 e. The average molecular weight is 293 g/mol. The summed E-state index contributed by atoms with van der Waals surface area (Å²) in [6.07, 6.45) is 1.62. The Hall–Kier alpha value is -1.26. The summed E-state index contributed by atoms with van der Waals surface area (Å²) < 4.78 is 19.3. The SMILES string of the molecule is Cc1occc1Sc1ccc(CNCC(C)C)cc1F. The molecule has 0 spiro atoms. The van der Waals surface area contributed by atoms with Gasteiger partial charge in [0.15, 0.2) is 0 Å². The molecule has 20 heavy (non-hydrogen) atoms. The van der Waals surface area contributed by atoms with Gasteiger partial charge < -0.3 is 9.73 Å². The van der Waals surface area contributed by atoms with E-state index in [1.807, 2.05) is 25.1 Å². The zero-order valence-corrected chi connectivity index (χ0v) is 12.9. The third kappa shape index (κ3) is 4.12. The van der Waals surface area contributed by atoms with Crippen LogP contribution in [-0.2, 0) is 6.54 Å². The van der Waals surface area contributed by atoms with Gasteiger partial charge in [0.2, 0.25) is 0 Å². The van der Waals surface area contributed by atoms with E-state index >= 15 is 0 Å². The van der Waals surface area contributed by atoms with E-state index in [2.05, 4.69) is 19.2 Å². The maximum Gasteiger partial charge on any atom is 0.137 e. The molecule has 4 heteroatoms. The Morgan fingerprint density at radius 2 is 2.05 bits per heavy atom. The molecule has 0 atom stereocenters. The van der Waals surface area contributed by atoms with Crippen LogP contribution in [-0.4, -0.2) is 6.54 Å². The molecule has 1 N–H and O–H groups in total. The Labute approximate surface area is 123 Å². The van der Waals surface area contributed by atoms with Crippen molar-refractivity contribution in [2.75, 3.05) is 6.54 Å². The molecule has 1 heterocycles. The molecule has 0 unspecified atom stereocenters. The van der Waals surface area contributed by atoms with Gasteiger partial charge in [0.25, 0.3) is 0 Å². The molecule has 0 amide bonds. The molecule has 0 aliphatic rings. The normalized spacial score (nSPS) is 11.2. The third-order valence-corrected chi connectivity index (χ3v) is 4.10. The third-order valence-electron chi connectivity index (χ3n) is 2.91. The molecule has 0 bridgehead atoms. The quantitative estimate of drug-likeness (QED) is 0.841. The van der Waals surface area contributed by atoms with E-state index in [1.165, 1.54) is 11.8 Å². The molecule has 2 rings (SSSR count). The fraction of sp³-hybridized carbons (Fsp3) is 0.375. The second kappa shape index (κ2) is 6.95. The van der Waals surface area contributed by atoms with Crippen LogP contribution >= 0.6 is 11.8 Å². The molecule has 0 saturated heterocycles. The minimum Gasteiger partial charge on any atom is -0.468 e. The number of benzene rings is 1. The highest BCUT2D eigenvalue weighted by atomic mass is 32.2. The van der Waals surface area contributed by atoms with Gasteiger partial charge in [-0.2, -0.15) is 0 Å². The Balaban J connectivity index is 2.01. The van der Waals surface area contributed by atoms with Gasteiger partial charge in [0.1, 0.15) is 11.6 Å². The standard InChI is InChI=1S/C16H20FNOS/c1-11(2)9-18-10-13-4-5-16(14(17)8-13)20-15-6-7-19-12(15)3/h4-8,11,18H,9-10H2,1-3H3. The van der Waals surface area contributed by atoms with E-state index in [0.717, 1.165) is 22.8 Å². The fourth-order valence-corrected chi connectivity index (χ4v) is 2.68. The lowest BCUT2D eigenvalue weighted by atomic mass is 10.2. The topological polar surface area (TPSA) is 25.2 Å². The van der Waals surface area contributed by atoms with Gasteiger partial charge in [0, 0.05) is 11.4 Å². The molecule has 0 fully saturated rings. The fourth-order valence-electron chi connectivity index (χ4n) is 1.84. The van der Waals surface area contributed by atoms with Crippen LogP contribution in [0.15, 0.2) is 44.7 Å². The van der Waals surface area contributed by atoms with Gasteiger partial charge in [-0.1, -0.05) is 31.7 Å². The zero-order valence-electron chi connectivity index (χ0n) is 12.1. The van der Waals surface area contributed by atoms with Gasteiger partial charge >= 0.3 is 0 Å². The number of hydrogen-bond donors (Lipinski definition) is 1. The molecule has 0 saturated carbocycles. The summed E-state index contributed by atoms with van der Waals surface area (Å²) in [5.41, 5.74) is 0.969. The second-order valence-corrected chi connectivity index (χ2v) is 6.32. The Kier molecular flexibility index (Phi) is 5.26. The first kappa shape index (κ1) is 15.1. The molecule has 0 aliphatic carbocycles. The number of aryl methyl sites for hydroxylation is 1. The van der Waals surface area contributed by atoms with Crippen LogP contribution in [0.25, 0.3) is 0 Å². The van der Waals surface area contributed by atoms with Crippen LogP contribution in [0.4, 0.5) is 4.39 Å². The van der Waals surface area contributed by atoms with Crippen LogP contribution in [0.5, 0.6) is 0 Å². The molecule has 1 aromatic carbocycles. The molecule has 0 aliphatic heterocycles. The predicted molar refractivity (Wildman–Crippen MR) is 80.5 cm³/mol. The van der Waals surface area contributed by atoms with Crippen molar-refractivity contribution in [3.8, 4) is 0 Å².